The maximum Gasteiger partial charge on any atom is 0.160 e. The van der Waals surface area contributed by atoms with Crippen LogP contribution in [0.1, 0.15) is 57.3 Å². The monoisotopic (exact) mass is 369 g/mol. The molecule has 5 heteroatoms. The fourth-order valence-corrected chi connectivity index (χ4v) is 3.84. The van der Waals surface area contributed by atoms with Crippen molar-refractivity contribution in [1.82, 2.24) is 14.5 Å². The molecule has 0 bridgehead atoms. The first-order valence-corrected chi connectivity index (χ1v) is 8.87. The number of imidazole rings is 1. The van der Waals surface area contributed by atoms with E-state index in [1.165, 1.54) is 19.3 Å². The van der Waals surface area contributed by atoms with Crippen LogP contribution < -0.4 is 0 Å². The number of fused-ring (bicyclic) bond motifs is 1. The normalized spacial score (nSPS) is 28.0. The quantitative estimate of drug-likeness (QED) is 0.654. The number of nitrogens with zero attached hydrogens (tertiary/aromatic N) is 3. The Balaban J connectivity index is 2.09. The van der Waals surface area contributed by atoms with Crippen molar-refractivity contribution in [3.05, 3.63) is 22.6 Å². The average molecular weight is 371 g/mol. The molecule has 0 radical (unpaired) electrons. The molecule has 1 saturated carbocycles. The fraction of sp³-hybridized carbons (Fsp3) is 0.625. The minimum Gasteiger partial charge on any atom is -0.308 e. The molecule has 114 valence electrons. The Morgan fingerprint density at radius 2 is 2.10 bits per heavy atom. The van der Waals surface area contributed by atoms with Crippen LogP contribution in [0, 0.1) is 11.8 Å². The van der Waals surface area contributed by atoms with Gasteiger partial charge in [-0.2, -0.15) is 0 Å². The molecule has 21 heavy (non-hydrogen) atoms. The van der Waals surface area contributed by atoms with Crippen LogP contribution >= 0.6 is 27.5 Å². The summed E-state index contributed by atoms with van der Waals surface area (Å²) in [7, 11) is 0. The van der Waals surface area contributed by atoms with Gasteiger partial charge < -0.3 is 4.57 Å². The summed E-state index contributed by atoms with van der Waals surface area (Å²) in [4.78, 5) is 9.33. The Bertz CT molecular complexity index is 652. The minimum absolute atomic E-state index is 0.104. The maximum atomic E-state index is 6.38. The highest BCUT2D eigenvalue weighted by molar-refractivity contribution is 9.10. The van der Waals surface area contributed by atoms with E-state index in [2.05, 4.69) is 39.3 Å². The molecule has 0 N–H and O–H groups in total. The molecule has 1 aliphatic carbocycles. The van der Waals surface area contributed by atoms with Gasteiger partial charge in [-0.05, 0) is 60.0 Å². The molecule has 2 aromatic rings. The summed E-state index contributed by atoms with van der Waals surface area (Å²) in [6.45, 7) is 6.69. The zero-order valence-electron chi connectivity index (χ0n) is 12.7. The smallest absolute Gasteiger partial charge is 0.160 e. The van der Waals surface area contributed by atoms with Crippen LogP contribution in [-0.2, 0) is 0 Å². The third-order valence-electron chi connectivity index (χ3n) is 4.82. The van der Waals surface area contributed by atoms with Gasteiger partial charge in [0.2, 0.25) is 0 Å². The highest BCUT2D eigenvalue weighted by Crippen LogP contribution is 2.39. The topological polar surface area (TPSA) is 30.7 Å². The lowest BCUT2D eigenvalue weighted by Gasteiger charge is -2.33. The Hall–Kier alpha value is -0.610. The van der Waals surface area contributed by atoms with Gasteiger partial charge in [0.1, 0.15) is 11.3 Å². The third kappa shape index (κ3) is 2.85. The summed E-state index contributed by atoms with van der Waals surface area (Å²) >= 11 is 9.85. The molecule has 1 aliphatic rings. The number of pyridine rings is 1. The van der Waals surface area contributed by atoms with Crippen molar-refractivity contribution in [3.8, 4) is 0 Å². The number of hydrogen-bond donors (Lipinski definition) is 0. The van der Waals surface area contributed by atoms with Gasteiger partial charge in [0, 0.05) is 16.7 Å². The van der Waals surface area contributed by atoms with Crippen LogP contribution in [0.5, 0.6) is 0 Å². The van der Waals surface area contributed by atoms with E-state index in [1.807, 2.05) is 19.2 Å². The standard InChI is InChI=1S/C16H21BrClN3/c1-9-4-5-13(6-10(9)2)21-15(11(3)18)20-14-7-12(17)8-19-16(14)21/h7-11,13H,4-6H2,1-3H3. The van der Waals surface area contributed by atoms with Crippen molar-refractivity contribution >= 4 is 38.7 Å². The zero-order valence-corrected chi connectivity index (χ0v) is 15.0. The van der Waals surface area contributed by atoms with Gasteiger partial charge in [-0.25, -0.2) is 9.97 Å². The van der Waals surface area contributed by atoms with Crippen molar-refractivity contribution < 1.29 is 0 Å². The molecule has 4 unspecified atom stereocenters. The highest BCUT2D eigenvalue weighted by Gasteiger charge is 2.29. The first-order chi connectivity index (χ1) is 9.97. The molecule has 4 atom stereocenters. The lowest BCUT2D eigenvalue weighted by Crippen LogP contribution is -2.24. The number of halogens is 2. The predicted octanol–water partition coefficient (Wildman–Crippen LogP) is 5.49. The molecule has 3 nitrogen and oxygen atoms in total. The zero-order chi connectivity index (χ0) is 15.1. The van der Waals surface area contributed by atoms with Crippen LogP contribution in [0.4, 0.5) is 0 Å². The lowest BCUT2D eigenvalue weighted by atomic mass is 9.79. The summed E-state index contributed by atoms with van der Waals surface area (Å²) in [5, 5.41) is -0.104. The van der Waals surface area contributed by atoms with E-state index in [-0.39, 0.29) is 5.38 Å². The highest BCUT2D eigenvalue weighted by atomic mass is 79.9. The number of alkyl halides is 1. The molecule has 1 fully saturated rings. The first kappa shape index (κ1) is 15.3. The lowest BCUT2D eigenvalue weighted by molar-refractivity contribution is 0.210. The molecule has 0 saturated heterocycles. The molecule has 0 amide bonds. The van der Waals surface area contributed by atoms with Crippen molar-refractivity contribution in [2.75, 3.05) is 0 Å². The molecular weight excluding hydrogens is 350 g/mol. The van der Waals surface area contributed by atoms with Crippen molar-refractivity contribution in [2.45, 2.75) is 51.5 Å². The van der Waals surface area contributed by atoms with Crippen LogP contribution in [0.25, 0.3) is 11.2 Å². The molecule has 3 rings (SSSR count). The van der Waals surface area contributed by atoms with Crippen LogP contribution in [-0.4, -0.2) is 14.5 Å². The van der Waals surface area contributed by atoms with E-state index in [0.29, 0.717) is 6.04 Å². The van der Waals surface area contributed by atoms with Gasteiger partial charge in [-0.1, -0.05) is 13.8 Å². The first-order valence-electron chi connectivity index (χ1n) is 7.64. The molecule has 0 aliphatic heterocycles. The maximum absolute atomic E-state index is 6.38. The van der Waals surface area contributed by atoms with Crippen molar-refractivity contribution in [2.24, 2.45) is 11.8 Å². The third-order valence-corrected chi connectivity index (χ3v) is 5.44. The Morgan fingerprint density at radius 1 is 1.33 bits per heavy atom. The summed E-state index contributed by atoms with van der Waals surface area (Å²) in [5.74, 6) is 2.48. The molecule has 0 aromatic carbocycles. The number of aromatic nitrogens is 3. The van der Waals surface area contributed by atoms with Gasteiger partial charge in [0.15, 0.2) is 5.65 Å². The molecule has 0 spiro atoms. The fourth-order valence-electron chi connectivity index (χ4n) is 3.37. The Kier molecular flexibility index (Phi) is 4.28. The van der Waals surface area contributed by atoms with Gasteiger partial charge in [-0.15, -0.1) is 11.6 Å². The van der Waals surface area contributed by atoms with E-state index >= 15 is 0 Å². The Morgan fingerprint density at radius 3 is 2.76 bits per heavy atom. The second kappa shape index (κ2) is 5.88. The van der Waals surface area contributed by atoms with E-state index in [1.54, 1.807) is 0 Å². The van der Waals surface area contributed by atoms with E-state index in [0.717, 1.165) is 33.3 Å². The van der Waals surface area contributed by atoms with Crippen LogP contribution in [0.2, 0.25) is 0 Å². The summed E-state index contributed by atoms with van der Waals surface area (Å²) in [5.41, 5.74) is 1.89. The predicted molar refractivity (Wildman–Crippen MR) is 90.7 cm³/mol. The van der Waals surface area contributed by atoms with E-state index < -0.39 is 0 Å². The second-order valence-corrected chi connectivity index (χ2v) is 7.94. The second-order valence-electron chi connectivity index (χ2n) is 6.37. The molecule has 2 aromatic heterocycles. The van der Waals surface area contributed by atoms with E-state index in [9.17, 15) is 0 Å². The number of hydrogen-bond acceptors (Lipinski definition) is 2. The molecule has 2 heterocycles. The summed E-state index contributed by atoms with van der Waals surface area (Å²) in [6.07, 6.45) is 5.47. The van der Waals surface area contributed by atoms with Gasteiger partial charge in [0.05, 0.1) is 5.38 Å². The van der Waals surface area contributed by atoms with Crippen LogP contribution in [0.3, 0.4) is 0 Å². The Labute approximate surface area is 139 Å². The van der Waals surface area contributed by atoms with Crippen molar-refractivity contribution in [3.63, 3.8) is 0 Å². The van der Waals surface area contributed by atoms with Gasteiger partial charge >= 0.3 is 0 Å². The summed E-state index contributed by atoms with van der Waals surface area (Å²) < 4.78 is 3.25. The van der Waals surface area contributed by atoms with Crippen LogP contribution in [0.15, 0.2) is 16.7 Å². The van der Waals surface area contributed by atoms with E-state index in [4.69, 9.17) is 16.6 Å². The van der Waals surface area contributed by atoms with Crippen molar-refractivity contribution in [1.29, 1.82) is 0 Å². The summed E-state index contributed by atoms with van der Waals surface area (Å²) in [6, 6.07) is 2.49. The van der Waals surface area contributed by atoms with Gasteiger partial charge in [0.25, 0.3) is 0 Å². The molecular formula is C16H21BrClN3. The largest absolute Gasteiger partial charge is 0.308 e. The van der Waals surface area contributed by atoms with Gasteiger partial charge in [-0.3, -0.25) is 0 Å². The SMILES string of the molecule is CC(Cl)c1nc2cc(Br)cnc2n1C1CCC(C)C(C)C1. The minimum atomic E-state index is -0.104. The number of rotatable bonds is 2. The average Bonchev–Trinajstić information content (AvgIpc) is 2.80.